The number of rotatable bonds is 24. The summed E-state index contributed by atoms with van der Waals surface area (Å²) in [5.41, 5.74) is 33.1. The normalized spacial score (nSPS) is 12.1. The minimum absolute atomic E-state index is 0.0354. The standard InChI is InChI=1S/C37H34N4O.C36H39N5O2.C32H32N4O/c1-4-34-40-35-25(2)21-26(3)39-36(35)41(34)24-27-15-17-29(18-16-27)33-22-31(28-11-7-5-8-12-28)19-20-32(33)23-38-37(42)30-13-9-6-10-14-30;1-4-33-39-34-25(2)20-26(3)38-35(34)41(33)24-27-10-13-29(14-11-27)32-21-28(23-40-16-18-43-19-17-40)12-15-31(32)22-37-36(42)30-8-6-5-7-9-30;1-5-30-35-31-21(2)17-22(3)34-32(31)36(30)20-24-11-13-26(14-12-24)29-18-27(25-9-7-6-8-10-25)15-16-28(29)19-33-23(4)37/h5-22H,4,23-24H2,1-3H3,(H,38,42);5-15,20-21H,4,16-19,22-24H2,1-3H3,(H,37,42);6-18H,5,19-20H2,1-4H3,(H,33,37). The largest absolute Gasteiger partial charge is 0.379 e. The summed E-state index contributed by atoms with van der Waals surface area (Å²) >= 11 is 0. The zero-order valence-corrected chi connectivity index (χ0v) is 71.4. The molecule has 16 aromatic rings. The summed E-state index contributed by atoms with van der Waals surface area (Å²) in [7, 11) is 0. The van der Waals surface area contributed by atoms with Crippen molar-refractivity contribution in [1.29, 1.82) is 0 Å². The molecule has 614 valence electrons. The molecule has 1 aliphatic rings. The molecule has 1 fully saturated rings. The van der Waals surface area contributed by atoms with Crippen LogP contribution >= 0.6 is 0 Å². The molecule has 17 nitrogen and oxygen atoms in total. The monoisotopic (exact) mass is 1610 g/mol. The van der Waals surface area contributed by atoms with Gasteiger partial charge in [0.1, 0.15) is 34.0 Å². The van der Waals surface area contributed by atoms with Crippen molar-refractivity contribution in [3.8, 4) is 55.6 Å². The highest BCUT2D eigenvalue weighted by Gasteiger charge is 2.22. The number of pyridine rings is 3. The van der Waals surface area contributed by atoms with Crippen LogP contribution in [0.15, 0.2) is 267 Å². The summed E-state index contributed by atoms with van der Waals surface area (Å²) in [6, 6.07) is 91.5. The maximum Gasteiger partial charge on any atom is 0.251 e. The number of hydrogen-bond acceptors (Lipinski definition) is 11. The summed E-state index contributed by atoms with van der Waals surface area (Å²) < 4.78 is 12.3. The molecule has 3 N–H and O–H groups in total. The van der Waals surface area contributed by atoms with Gasteiger partial charge in [-0.05, 0) is 213 Å². The fraction of sp³-hybridized carbons (Fsp3) is 0.229. The van der Waals surface area contributed by atoms with Crippen molar-refractivity contribution < 1.29 is 19.1 Å². The first kappa shape index (κ1) is 83.4. The number of carbonyl (C=O) groups excluding carboxylic acids is 3. The molecular formula is C105H105N13O4. The van der Waals surface area contributed by atoms with E-state index in [0.717, 1.165) is 210 Å². The third-order valence-corrected chi connectivity index (χ3v) is 22.7. The van der Waals surface area contributed by atoms with Crippen LogP contribution in [0, 0.1) is 41.5 Å². The van der Waals surface area contributed by atoms with E-state index in [1.54, 1.807) is 6.92 Å². The van der Waals surface area contributed by atoms with Gasteiger partial charge in [-0.3, -0.25) is 19.3 Å². The van der Waals surface area contributed by atoms with Gasteiger partial charge in [-0.1, -0.05) is 227 Å². The Morgan fingerprint density at radius 2 is 0.639 bits per heavy atom. The molecule has 0 radical (unpaired) electrons. The van der Waals surface area contributed by atoms with Crippen molar-refractivity contribution in [2.75, 3.05) is 26.3 Å². The molecule has 6 aromatic heterocycles. The van der Waals surface area contributed by atoms with Crippen LogP contribution in [-0.4, -0.2) is 92.5 Å². The second-order valence-corrected chi connectivity index (χ2v) is 31.6. The van der Waals surface area contributed by atoms with Crippen LogP contribution in [0.4, 0.5) is 0 Å². The fourth-order valence-electron chi connectivity index (χ4n) is 16.3. The number of nitrogens with one attached hydrogen (secondary N) is 3. The Morgan fingerprint density at radius 1 is 0.328 bits per heavy atom. The van der Waals surface area contributed by atoms with Gasteiger partial charge in [-0.2, -0.15) is 0 Å². The van der Waals surface area contributed by atoms with E-state index in [4.69, 9.17) is 34.6 Å². The number of imidazole rings is 3. The molecule has 0 aliphatic carbocycles. The molecule has 10 aromatic carbocycles. The van der Waals surface area contributed by atoms with Gasteiger partial charge >= 0.3 is 0 Å². The highest BCUT2D eigenvalue weighted by Crippen LogP contribution is 2.35. The topological polar surface area (TPSA) is 192 Å². The molecule has 0 saturated carbocycles. The van der Waals surface area contributed by atoms with E-state index in [1.165, 1.54) is 27.8 Å². The van der Waals surface area contributed by atoms with Gasteiger partial charge < -0.3 is 34.4 Å². The van der Waals surface area contributed by atoms with Crippen LogP contribution in [0.1, 0.15) is 139 Å². The molecule has 0 atom stereocenters. The van der Waals surface area contributed by atoms with Gasteiger partial charge in [0, 0.05) is 93.7 Å². The highest BCUT2D eigenvalue weighted by molar-refractivity contribution is 5.95. The van der Waals surface area contributed by atoms with Crippen LogP contribution in [0.25, 0.3) is 89.1 Å². The number of amides is 3. The molecule has 1 aliphatic heterocycles. The average Bonchev–Trinajstić information content (AvgIpc) is 1.65. The Bertz CT molecular complexity index is 6370. The van der Waals surface area contributed by atoms with Gasteiger partial charge in [0.05, 0.1) is 32.8 Å². The van der Waals surface area contributed by atoms with Crippen LogP contribution in [0.5, 0.6) is 0 Å². The Balaban J connectivity index is 0.000000143. The number of aryl methyl sites for hydroxylation is 9. The maximum absolute atomic E-state index is 12.8. The van der Waals surface area contributed by atoms with Crippen molar-refractivity contribution in [1.82, 2.24) is 64.5 Å². The summed E-state index contributed by atoms with van der Waals surface area (Å²) in [5.74, 6) is 2.95. The molecule has 0 bridgehead atoms. The third-order valence-electron chi connectivity index (χ3n) is 22.7. The number of fused-ring (bicyclic) bond motifs is 3. The smallest absolute Gasteiger partial charge is 0.251 e. The first-order valence-electron chi connectivity index (χ1n) is 42.4. The fourth-order valence-corrected chi connectivity index (χ4v) is 16.3. The predicted octanol–water partition coefficient (Wildman–Crippen LogP) is 20.6. The lowest BCUT2D eigenvalue weighted by Gasteiger charge is -2.27. The average molecular weight is 1610 g/mol. The van der Waals surface area contributed by atoms with Crippen molar-refractivity contribution in [2.45, 2.75) is 134 Å². The Hall–Kier alpha value is -13.6. The second kappa shape index (κ2) is 38.6. The summed E-state index contributed by atoms with van der Waals surface area (Å²) in [6.07, 6.45) is 2.55. The lowest BCUT2D eigenvalue weighted by Crippen LogP contribution is -2.35. The number of nitrogens with zero attached hydrogens (tertiary/aromatic N) is 10. The summed E-state index contributed by atoms with van der Waals surface area (Å²) in [6.45, 7) is 28.2. The van der Waals surface area contributed by atoms with E-state index in [-0.39, 0.29) is 17.7 Å². The molecule has 122 heavy (non-hydrogen) atoms. The zero-order valence-electron chi connectivity index (χ0n) is 71.4. The first-order chi connectivity index (χ1) is 59.4. The van der Waals surface area contributed by atoms with Gasteiger partial charge in [0.2, 0.25) is 5.91 Å². The lowest BCUT2D eigenvalue weighted by molar-refractivity contribution is -0.119. The van der Waals surface area contributed by atoms with E-state index < -0.39 is 0 Å². The number of ether oxygens (including phenoxy) is 1. The SMILES string of the molecule is CCc1nc2c(C)cc(C)nc2n1Cc1ccc(-c2cc(-c3ccccc3)ccc2CNC(=O)c2ccccc2)cc1.CCc1nc2c(C)cc(C)nc2n1Cc1ccc(-c2cc(-c3ccccc3)ccc2CNC(C)=O)cc1.CCc1nc2c(C)cc(C)nc2n1Cc1ccc(-c2cc(CN3CCOCC3)ccc2CNC(=O)c2ccccc2)cc1. The van der Waals surface area contributed by atoms with Gasteiger partial charge in [-0.25, -0.2) is 29.9 Å². The molecule has 0 unspecified atom stereocenters. The minimum atomic E-state index is -0.0811. The van der Waals surface area contributed by atoms with Crippen molar-refractivity contribution in [3.63, 3.8) is 0 Å². The molecular weight excluding hydrogens is 1510 g/mol. The lowest BCUT2D eigenvalue weighted by atomic mass is 9.94. The number of hydrogen-bond donors (Lipinski definition) is 3. The second-order valence-electron chi connectivity index (χ2n) is 31.6. The molecule has 1 saturated heterocycles. The Morgan fingerprint density at radius 3 is 0.984 bits per heavy atom. The van der Waals surface area contributed by atoms with Crippen LogP contribution in [0.2, 0.25) is 0 Å². The van der Waals surface area contributed by atoms with Crippen LogP contribution in [-0.2, 0) is 74.6 Å². The van der Waals surface area contributed by atoms with Gasteiger partial charge in [-0.15, -0.1) is 0 Å². The van der Waals surface area contributed by atoms with Crippen molar-refractivity contribution in [3.05, 3.63) is 368 Å². The number of carbonyl (C=O) groups is 3. The Labute approximate surface area is 715 Å². The van der Waals surface area contributed by atoms with E-state index >= 15 is 0 Å². The van der Waals surface area contributed by atoms with E-state index in [2.05, 4.69) is 270 Å². The number of benzene rings is 10. The number of aromatic nitrogens is 9. The molecule has 0 spiro atoms. The van der Waals surface area contributed by atoms with E-state index in [9.17, 15) is 14.4 Å². The molecule has 17 heteroatoms. The van der Waals surface area contributed by atoms with Crippen molar-refractivity contribution >= 4 is 51.2 Å². The number of morpholine rings is 1. The highest BCUT2D eigenvalue weighted by atomic mass is 16.5. The van der Waals surface area contributed by atoms with Gasteiger partial charge in [0.15, 0.2) is 16.9 Å². The van der Waals surface area contributed by atoms with E-state index in [0.29, 0.717) is 43.9 Å². The van der Waals surface area contributed by atoms with Crippen LogP contribution < -0.4 is 16.0 Å². The predicted molar refractivity (Wildman–Crippen MR) is 492 cm³/mol. The first-order valence-corrected chi connectivity index (χ1v) is 42.4. The quantitative estimate of drug-likeness (QED) is 0.0521. The third kappa shape index (κ3) is 19.8. The zero-order chi connectivity index (χ0) is 84.8. The Kier molecular flexibility index (Phi) is 26.4. The molecule has 3 amide bonds. The summed E-state index contributed by atoms with van der Waals surface area (Å²) in [4.78, 5) is 68.9. The minimum Gasteiger partial charge on any atom is -0.379 e. The maximum atomic E-state index is 12.8. The van der Waals surface area contributed by atoms with Gasteiger partial charge in [0.25, 0.3) is 11.8 Å². The molecule has 17 rings (SSSR count). The van der Waals surface area contributed by atoms with Crippen molar-refractivity contribution in [2.24, 2.45) is 0 Å². The van der Waals surface area contributed by atoms with E-state index in [1.807, 2.05) is 93.6 Å². The molecule has 7 heterocycles. The summed E-state index contributed by atoms with van der Waals surface area (Å²) in [5, 5.41) is 9.19. The van der Waals surface area contributed by atoms with Crippen LogP contribution in [0.3, 0.4) is 0 Å².